The van der Waals surface area contributed by atoms with Gasteiger partial charge in [0.2, 0.25) is 0 Å². The first-order valence-corrected chi connectivity index (χ1v) is 11.0. The van der Waals surface area contributed by atoms with Gasteiger partial charge in [0.05, 0.1) is 29.5 Å². The van der Waals surface area contributed by atoms with Crippen LogP contribution in [0.1, 0.15) is 55.5 Å². The van der Waals surface area contributed by atoms with Gasteiger partial charge in [0.25, 0.3) is 0 Å². The summed E-state index contributed by atoms with van der Waals surface area (Å²) >= 11 is 0. The second-order valence-electron chi connectivity index (χ2n) is 8.63. The first-order valence-electron chi connectivity index (χ1n) is 11.0. The predicted molar refractivity (Wildman–Crippen MR) is 120 cm³/mol. The lowest BCUT2D eigenvalue weighted by atomic mass is 9.94. The number of aromatic nitrogens is 3. The van der Waals surface area contributed by atoms with Gasteiger partial charge >= 0.3 is 5.97 Å². The molecule has 4 heterocycles. The number of cyclic esters (lactones) is 1. The molecule has 2 aliphatic rings. The summed E-state index contributed by atoms with van der Waals surface area (Å²) in [5.41, 5.74) is 7.36. The maximum absolute atomic E-state index is 11.9. The Morgan fingerprint density at radius 1 is 1.27 bits per heavy atom. The van der Waals surface area contributed by atoms with Crippen LogP contribution in [0.15, 0.2) is 30.6 Å². The SMILES string of the molecule is Cc1cc(-n2cc(CN3CCO[C@H](c4ccc5c(c4C)COC5=O)C3)c(C)n2)ncc1C#N. The van der Waals surface area contributed by atoms with Gasteiger partial charge in [-0.1, -0.05) is 6.07 Å². The molecule has 1 fully saturated rings. The number of nitrogens with zero attached hydrogens (tertiary/aromatic N) is 5. The van der Waals surface area contributed by atoms with Crippen LogP contribution in [0, 0.1) is 32.1 Å². The van der Waals surface area contributed by atoms with Gasteiger partial charge in [0.15, 0.2) is 5.82 Å². The van der Waals surface area contributed by atoms with Crippen LogP contribution in [0.2, 0.25) is 0 Å². The maximum Gasteiger partial charge on any atom is 0.338 e. The zero-order chi connectivity index (χ0) is 23.1. The van der Waals surface area contributed by atoms with Gasteiger partial charge in [-0.2, -0.15) is 10.4 Å². The molecule has 3 aromatic rings. The number of rotatable bonds is 4. The standard InChI is InChI=1S/C25H25N5O3/c1-15-8-24(27-10-18(15)9-26)30-12-19(17(3)28-30)11-29-6-7-32-23(13-29)20-4-5-21-22(16(20)2)14-33-25(21)31/h4-5,8,10,12,23H,6-7,11,13-14H2,1-3H3/t23-/m0/s1. The second-order valence-corrected chi connectivity index (χ2v) is 8.63. The van der Waals surface area contributed by atoms with E-state index in [9.17, 15) is 4.79 Å². The average molecular weight is 444 g/mol. The Morgan fingerprint density at radius 3 is 2.91 bits per heavy atom. The number of ether oxygens (including phenoxy) is 2. The molecule has 8 nitrogen and oxygen atoms in total. The fraction of sp³-hybridized carbons (Fsp3) is 0.360. The fourth-order valence-corrected chi connectivity index (χ4v) is 4.54. The van der Waals surface area contributed by atoms with E-state index in [2.05, 4.69) is 21.1 Å². The highest BCUT2D eigenvalue weighted by atomic mass is 16.5. The van der Waals surface area contributed by atoms with Crippen LogP contribution in [0.3, 0.4) is 0 Å². The third-order valence-corrected chi connectivity index (χ3v) is 6.55. The minimum atomic E-state index is -0.245. The van der Waals surface area contributed by atoms with E-state index in [1.807, 2.05) is 45.2 Å². The van der Waals surface area contributed by atoms with E-state index in [4.69, 9.17) is 14.7 Å². The number of fused-ring (bicyclic) bond motifs is 1. The molecule has 0 N–H and O–H groups in total. The lowest BCUT2D eigenvalue weighted by Crippen LogP contribution is -2.38. The Morgan fingerprint density at radius 2 is 2.12 bits per heavy atom. The number of carbonyl (C=O) groups excluding carboxylic acids is 1. The van der Waals surface area contributed by atoms with E-state index >= 15 is 0 Å². The van der Waals surface area contributed by atoms with Crippen LogP contribution in [0.4, 0.5) is 0 Å². The van der Waals surface area contributed by atoms with Crippen molar-refractivity contribution in [3.63, 3.8) is 0 Å². The molecule has 2 aromatic heterocycles. The van der Waals surface area contributed by atoms with Crippen LogP contribution in [-0.4, -0.2) is 45.3 Å². The van der Waals surface area contributed by atoms with Crippen molar-refractivity contribution in [2.24, 2.45) is 0 Å². The van der Waals surface area contributed by atoms with Crippen molar-refractivity contribution < 1.29 is 14.3 Å². The number of morpholine rings is 1. The summed E-state index contributed by atoms with van der Waals surface area (Å²) in [5, 5.41) is 13.8. The van der Waals surface area contributed by atoms with Gasteiger partial charge in [0.1, 0.15) is 12.7 Å². The van der Waals surface area contributed by atoms with Gasteiger partial charge < -0.3 is 9.47 Å². The van der Waals surface area contributed by atoms with E-state index in [0.29, 0.717) is 30.2 Å². The molecule has 0 radical (unpaired) electrons. The van der Waals surface area contributed by atoms with E-state index in [0.717, 1.165) is 53.1 Å². The fourth-order valence-electron chi connectivity index (χ4n) is 4.54. The first-order chi connectivity index (χ1) is 15.9. The Bertz CT molecular complexity index is 1290. The largest absolute Gasteiger partial charge is 0.457 e. The number of nitriles is 1. The molecular weight excluding hydrogens is 418 g/mol. The number of esters is 1. The average Bonchev–Trinajstić information content (AvgIpc) is 3.37. The number of aryl methyl sites for hydroxylation is 2. The number of hydrogen-bond acceptors (Lipinski definition) is 7. The van der Waals surface area contributed by atoms with Crippen molar-refractivity contribution >= 4 is 5.97 Å². The van der Waals surface area contributed by atoms with E-state index < -0.39 is 0 Å². The molecule has 168 valence electrons. The first kappa shape index (κ1) is 21.3. The second kappa shape index (κ2) is 8.43. The van der Waals surface area contributed by atoms with E-state index in [1.54, 1.807) is 10.9 Å². The minimum Gasteiger partial charge on any atom is -0.457 e. The number of hydrogen-bond donors (Lipinski definition) is 0. The molecule has 0 spiro atoms. The summed E-state index contributed by atoms with van der Waals surface area (Å²) < 4.78 is 13.1. The number of benzene rings is 1. The summed E-state index contributed by atoms with van der Waals surface area (Å²) in [6.45, 7) is 9.27. The summed E-state index contributed by atoms with van der Waals surface area (Å²) in [4.78, 5) is 18.6. The molecule has 1 saturated heterocycles. The number of carbonyl (C=O) groups is 1. The van der Waals surface area contributed by atoms with Crippen LogP contribution in [0.5, 0.6) is 0 Å². The van der Waals surface area contributed by atoms with Gasteiger partial charge in [0, 0.05) is 43.2 Å². The van der Waals surface area contributed by atoms with Crippen molar-refractivity contribution in [1.29, 1.82) is 5.26 Å². The van der Waals surface area contributed by atoms with E-state index in [1.165, 1.54) is 0 Å². The molecule has 0 aliphatic carbocycles. The predicted octanol–water partition coefficient (Wildman–Crippen LogP) is 3.31. The molecule has 1 aromatic carbocycles. The van der Waals surface area contributed by atoms with Gasteiger partial charge in [-0.15, -0.1) is 0 Å². The van der Waals surface area contributed by atoms with Crippen molar-refractivity contribution in [1.82, 2.24) is 19.7 Å². The lowest BCUT2D eigenvalue weighted by molar-refractivity contribution is -0.0333. The lowest BCUT2D eigenvalue weighted by Gasteiger charge is -2.34. The molecule has 0 saturated carbocycles. The highest BCUT2D eigenvalue weighted by molar-refractivity contribution is 5.93. The topological polar surface area (TPSA) is 93.3 Å². The molecular formula is C25H25N5O3. The van der Waals surface area contributed by atoms with Crippen molar-refractivity contribution in [3.8, 4) is 11.9 Å². The van der Waals surface area contributed by atoms with Crippen LogP contribution < -0.4 is 0 Å². The maximum atomic E-state index is 11.9. The molecule has 5 rings (SSSR count). The third kappa shape index (κ3) is 3.90. The molecule has 2 aliphatic heterocycles. The van der Waals surface area contributed by atoms with Gasteiger partial charge in [-0.25, -0.2) is 14.5 Å². The Hall–Kier alpha value is -3.54. The zero-order valence-corrected chi connectivity index (χ0v) is 19.0. The molecule has 0 bridgehead atoms. The molecule has 0 amide bonds. The van der Waals surface area contributed by atoms with Crippen LogP contribution >= 0.6 is 0 Å². The van der Waals surface area contributed by atoms with Gasteiger partial charge in [-0.3, -0.25) is 4.90 Å². The van der Waals surface area contributed by atoms with Crippen LogP contribution in [-0.2, 0) is 22.6 Å². The summed E-state index contributed by atoms with van der Waals surface area (Å²) in [6, 6.07) is 7.88. The normalized spacial score (nSPS) is 18.1. The van der Waals surface area contributed by atoms with E-state index in [-0.39, 0.29) is 12.1 Å². The van der Waals surface area contributed by atoms with Gasteiger partial charge in [-0.05, 0) is 49.6 Å². The summed E-state index contributed by atoms with van der Waals surface area (Å²) in [6.07, 6.45) is 3.54. The molecule has 0 unspecified atom stereocenters. The summed E-state index contributed by atoms with van der Waals surface area (Å²) in [5.74, 6) is 0.455. The highest BCUT2D eigenvalue weighted by Crippen LogP contribution is 2.32. The third-order valence-electron chi connectivity index (χ3n) is 6.55. The number of pyridine rings is 1. The Kier molecular flexibility index (Phi) is 5.44. The molecule has 33 heavy (non-hydrogen) atoms. The summed E-state index contributed by atoms with van der Waals surface area (Å²) in [7, 11) is 0. The van der Waals surface area contributed by atoms with Crippen molar-refractivity contribution in [2.75, 3.05) is 19.7 Å². The zero-order valence-electron chi connectivity index (χ0n) is 19.0. The van der Waals surface area contributed by atoms with Crippen LogP contribution in [0.25, 0.3) is 5.82 Å². The Labute approximate surface area is 192 Å². The monoisotopic (exact) mass is 443 g/mol. The quantitative estimate of drug-likeness (QED) is 0.571. The smallest absolute Gasteiger partial charge is 0.338 e. The highest BCUT2D eigenvalue weighted by Gasteiger charge is 2.29. The van der Waals surface area contributed by atoms with Crippen molar-refractivity contribution in [3.05, 3.63) is 75.2 Å². The minimum absolute atomic E-state index is 0.0575. The van der Waals surface area contributed by atoms with Crippen molar-refractivity contribution in [2.45, 2.75) is 40.0 Å². The molecule has 8 heteroatoms. The molecule has 1 atom stereocenters. The Balaban J connectivity index is 1.33.